The van der Waals surface area contributed by atoms with Crippen molar-refractivity contribution in [2.75, 3.05) is 12.4 Å². The van der Waals surface area contributed by atoms with Gasteiger partial charge in [0.1, 0.15) is 6.10 Å². The Morgan fingerprint density at radius 3 is 2.47 bits per heavy atom. The predicted octanol–water partition coefficient (Wildman–Crippen LogP) is 2.15. The van der Waals surface area contributed by atoms with Gasteiger partial charge in [0.2, 0.25) is 0 Å². The molecule has 0 spiro atoms. The van der Waals surface area contributed by atoms with E-state index in [1.807, 2.05) is 38.2 Å². The van der Waals surface area contributed by atoms with Crippen molar-refractivity contribution in [3.63, 3.8) is 0 Å². The average Bonchev–Trinajstić information content (AvgIpc) is 2.58. The highest BCUT2D eigenvalue weighted by Gasteiger charge is 2.32. The molecule has 1 heterocycles. The van der Waals surface area contributed by atoms with Crippen molar-refractivity contribution >= 4 is 11.7 Å². The van der Waals surface area contributed by atoms with E-state index in [9.17, 15) is 4.79 Å². The zero-order valence-corrected chi connectivity index (χ0v) is 8.99. The number of rotatable bonds is 2. The largest absolute Gasteiger partial charge is 0.462 e. The third kappa shape index (κ3) is 1.96. The molecule has 0 amide bonds. The van der Waals surface area contributed by atoms with Gasteiger partial charge < -0.3 is 10.1 Å². The van der Waals surface area contributed by atoms with Crippen molar-refractivity contribution in [1.82, 2.24) is 0 Å². The van der Waals surface area contributed by atoms with Gasteiger partial charge >= 0.3 is 5.97 Å². The number of carbonyl (C=O) groups excluding carboxylic acids is 1. The van der Waals surface area contributed by atoms with Gasteiger partial charge in [0.25, 0.3) is 0 Å². The minimum Gasteiger partial charge on any atom is -0.462 e. The lowest BCUT2D eigenvalue weighted by Crippen LogP contribution is -2.05. The fraction of sp³-hybridized carbons (Fsp3) is 0.417. The predicted molar refractivity (Wildman–Crippen MR) is 58.9 cm³/mol. The molecule has 0 aromatic heterocycles. The molecule has 1 aromatic carbocycles. The Labute approximate surface area is 89.4 Å². The number of cyclic esters (lactones) is 1. The fourth-order valence-corrected chi connectivity index (χ4v) is 1.91. The Bertz CT molecular complexity index is 358. The van der Waals surface area contributed by atoms with Gasteiger partial charge in [-0.3, -0.25) is 4.79 Å². The second-order valence-corrected chi connectivity index (χ2v) is 3.91. The maximum Gasteiger partial charge on any atom is 0.313 e. The lowest BCUT2D eigenvalue weighted by molar-refractivity contribution is -0.141. The number of carbonyl (C=O) groups is 1. The molecule has 1 aliphatic rings. The zero-order valence-electron chi connectivity index (χ0n) is 8.99. The fourth-order valence-electron chi connectivity index (χ4n) is 1.91. The van der Waals surface area contributed by atoms with E-state index < -0.39 is 0 Å². The van der Waals surface area contributed by atoms with Crippen molar-refractivity contribution in [3.05, 3.63) is 29.8 Å². The first-order valence-electron chi connectivity index (χ1n) is 5.19. The maximum atomic E-state index is 11.5. The number of ether oxygens (including phenoxy) is 1. The third-order valence-electron chi connectivity index (χ3n) is 2.77. The first kappa shape index (κ1) is 10.0. The number of hydrogen-bond acceptors (Lipinski definition) is 3. The number of anilines is 1. The zero-order chi connectivity index (χ0) is 10.8. The number of hydrogen-bond donors (Lipinski definition) is 1. The molecule has 0 bridgehead atoms. The van der Waals surface area contributed by atoms with Gasteiger partial charge in [0.05, 0.1) is 5.92 Å². The Balaban J connectivity index is 2.19. The second kappa shape index (κ2) is 3.93. The van der Waals surface area contributed by atoms with Gasteiger partial charge in [0, 0.05) is 19.2 Å². The van der Waals surface area contributed by atoms with E-state index in [1.54, 1.807) is 0 Å². The molecule has 0 radical (unpaired) electrons. The van der Waals surface area contributed by atoms with E-state index in [0.717, 1.165) is 17.7 Å². The van der Waals surface area contributed by atoms with Gasteiger partial charge in [-0.25, -0.2) is 0 Å². The molecule has 3 nitrogen and oxygen atoms in total. The molecule has 1 N–H and O–H groups in total. The molecule has 3 heteroatoms. The highest BCUT2D eigenvalue weighted by Crippen LogP contribution is 2.30. The van der Waals surface area contributed by atoms with Crippen molar-refractivity contribution in [1.29, 1.82) is 0 Å². The van der Waals surface area contributed by atoms with Crippen molar-refractivity contribution in [3.8, 4) is 0 Å². The van der Waals surface area contributed by atoms with Crippen LogP contribution >= 0.6 is 0 Å². The summed E-state index contributed by atoms with van der Waals surface area (Å²) < 4.78 is 5.13. The summed E-state index contributed by atoms with van der Waals surface area (Å²) in [5, 5.41) is 3.05. The molecule has 0 saturated carbocycles. The molecule has 80 valence electrons. The molecule has 1 aromatic rings. The minimum atomic E-state index is -0.0975. The van der Waals surface area contributed by atoms with Crippen LogP contribution in [-0.4, -0.2) is 19.1 Å². The summed E-state index contributed by atoms with van der Waals surface area (Å²) in [6, 6.07) is 7.92. The van der Waals surface area contributed by atoms with E-state index in [-0.39, 0.29) is 18.0 Å². The maximum absolute atomic E-state index is 11.5. The molecule has 1 saturated heterocycles. The monoisotopic (exact) mass is 205 g/mol. The van der Waals surface area contributed by atoms with E-state index >= 15 is 0 Å². The van der Waals surface area contributed by atoms with Gasteiger partial charge in [-0.1, -0.05) is 12.1 Å². The van der Waals surface area contributed by atoms with Crippen LogP contribution in [0.3, 0.4) is 0 Å². The number of benzene rings is 1. The minimum absolute atomic E-state index is 0.0477. The Kier molecular flexibility index (Phi) is 2.62. The van der Waals surface area contributed by atoms with Crippen LogP contribution in [0.2, 0.25) is 0 Å². The SMILES string of the molecule is CNc1ccc(C2CC(C)OC2=O)cc1. The van der Waals surface area contributed by atoms with Gasteiger partial charge in [-0.15, -0.1) is 0 Å². The van der Waals surface area contributed by atoms with E-state index in [1.165, 1.54) is 0 Å². The summed E-state index contributed by atoms with van der Waals surface area (Å²) in [4.78, 5) is 11.5. The van der Waals surface area contributed by atoms with Crippen molar-refractivity contribution < 1.29 is 9.53 Å². The van der Waals surface area contributed by atoms with E-state index in [2.05, 4.69) is 5.32 Å². The molecule has 2 unspecified atom stereocenters. The Morgan fingerprint density at radius 2 is 2.00 bits per heavy atom. The third-order valence-corrected chi connectivity index (χ3v) is 2.77. The molecule has 2 rings (SSSR count). The molecule has 0 aliphatic carbocycles. The quantitative estimate of drug-likeness (QED) is 0.752. The van der Waals surface area contributed by atoms with Crippen LogP contribution in [-0.2, 0) is 9.53 Å². The summed E-state index contributed by atoms with van der Waals surface area (Å²) >= 11 is 0. The lowest BCUT2D eigenvalue weighted by atomic mass is 9.96. The van der Waals surface area contributed by atoms with Crippen molar-refractivity contribution in [2.45, 2.75) is 25.4 Å². The molecule has 2 atom stereocenters. The summed E-state index contributed by atoms with van der Waals surface area (Å²) in [5.41, 5.74) is 2.10. The van der Waals surface area contributed by atoms with Crippen LogP contribution in [0.1, 0.15) is 24.8 Å². The Hall–Kier alpha value is -1.51. The number of esters is 1. The van der Waals surface area contributed by atoms with Crippen LogP contribution in [0.4, 0.5) is 5.69 Å². The van der Waals surface area contributed by atoms with Crippen LogP contribution in [0.15, 0.2) is 24.3 Å². The van der Waals surface area contributed by atoms with E-state index in [4.69, 9.17) is 4.74 Å². The van der Waals surface area contributed by atoms with Crippen LogP contribution in [0, 0.1) is 0 Å². The summed E-state index contributed by atoms with van der Waals surface area (Å²) in [7, 11) is 1.88. The first-order valence-corrected chi connectivity index (χ1v) is 5.19. The van der Waals surface area contributed by atoms with Gasteiger partial charge in [-0.05, 0) is 24.6 Å². The highest BCUT2D eigenvalue weighted by atomic mass is 16.5. The number of nitrogens with one attached hydrogen (secondary N) is 1. The molecule has 1 aliphatic heterocycles. The Morgan fingerprint density at radius 1 is 1.33 bits per heavy atom. The molecular weight excluding hydrogens is 190 g/mol. The average molecular weight is 205 g/mol. The molecule has 1 fully saturated rings. The summed E-state index contributed by atoms with van der Waals surface area (Å²) in [6.07, 6.45) is 0.837. The van der Waals surface area contributed by atoms with E-state index in [0.29, 0.717) is 0 Å². The highest BCUT2D eigenvalue weighted by molar-refractivity contribution is 5.80. The van der Waals surface area contributed by atoms with Gasteiger partial charge in [-0.2, -0.15) is 0 Å². The second-order valence-electron chi connectivity index (χ2n) is 3.91. The van der Waals surface area contributed by atoms with Gasteiger partial charge in [0.15, 0.2) is 0 Å². The standard InChI is InChI=1S/C12H15NO2/c1-8-7-11(12(14)15-8)9-3-5-10(13-2)6-4-9/h3-6,8,11,13H,7H2,1-2H3. The molecular formula is C12H15NO2. The lowest BCUT2D eigenvalue weighted by Gasteiger charge is -2.06. The summed E-state index contributed by atoms with van der Waals surface area (Å²) in [5.74, 6) is -0.175. The van der Waals surface area contributed by atoms with Crippen LogP contribution in [0.5, 0.6) is 0 Å². The smallest absolute Gasteiger partial charge is 0.313 e. The topological polar surface area (TPSA) is 38.3 Å². The summed E-state index contributed by atoms with van der Waals surface area (Å²) in [6.45, 7) is 1.93. The van der Waals surface area contributed by atoms with Crippen LogP contribution in [0.25, 0.3) is 0 Å². The normalized spacial score (nSPS) is 25.1. The van der Waals surface area contributed by atoms with Crippen LogP contribution < -0.4 is 5.32 Å². The molecule has 15 heavy (non-hydrogen) atoms. The first-order chi connectivity index (χ1) is 7.20. The van der Waals surface area contributed by atoms with Crippen molar-refractivity contribution in [2.24, 2.45) is 0 Å².